The number of aromatic nitrogens is 2. The molecule has 0 spiro atoms. The Hall–Kier alpha value is -2.87. The molecule has 0 aliphatic carbocycles. The van der Waals surface area contributed by atoms with Crippen molar-refractivity contribution in [1.82, 2.24) is 10.2 Å². The fourth-order valence-corrected chi connectivity index (χ4v) is 2.55. The van der Waals surface area contributed by atoms with Crippen molar-refractivity contribution < 1.29 is 18.7 Å². The molecule has 0 radical (unpaired) electrons. The van der Waals surface area contributed by atoms with E-state index in [9.17, 15) is 4.79 Å². The van der Waals surface area contributed by atoms with Gasteiger partial charge in [0.05, 0.1) is 14.2 Å². The zero-order valence-electron chi connectivity index (χ0n) is 12.4. The summed E-state index contributed by atoms with van der Waals surface area (Å²) < 4.78 is 15.7. The van der Waals surface area contributed by atoms with Gasteiger partial charge in [0.1, 0.15) is 0 Å². The maximum atomic E-state index is 12.2. The molecule has 0 saturated carbocycles. The van der Waals surface area contributed by atoms with Gasteiger partial charge in [0.2, 0.25) is 0 Å². The summed E-state index contributed by atoms with van der Waals surface area (Å²) >= 11 is 1.52. The molecule has 3 aromatic rings. The second-order valence-electron chi connectivity index (χ2n) is 4.45. The molecule has 0 atom stereocenters. The van der Waals surface area contributed by atoms with Gasteiger partial charge in [-0.25, -0.2) is 0 Å². The highest BCUT2D eigenvalue weighted by atomic mass is 32.1. The van der Waals surface area contributed by atoms with Crippen LogP contribution in [0.1, 0.15) is 10.4 Å². The first-order chi connectivity index (χ1) is 11.2. The Kier molecular flexibility index (Phi) is 4.24. The Bertz CT molecular complexity index is 814. The van der Waals surface area contributed by atoms with E-state index in [1.54, 1.807) is 18.2 Å². The molecule has 1 aromatic carbocycles. The summed E-state index contributed by atoms with van der Waals surface area (Å²) in [6.07, 6.45) is 0. The summed E-state index contributed by atoms with van der Waals surface area (Å²) in [5.74, 6) is 0.978. The van der Waals surface area contributed by atoms with Crippen molar-refractivity contribution in [3.8, 4) is 23.0 Å². The molecular weight excluding hydrogens is 318 g/mol. The van der Waals surface area contributed by atoms with E-state index in [4.69, 9.17) is 13.9 Å². The van der Waals surface area contributed by atoms with Gasteiger partial charge in [-0.1, -0.05) is 5.10 Å². The van der Waals surface area contributed by atoms with Crippen molar-refractivity contribution in [2.24, 2.45) is 0 Å². The molecule has 7 nitrogen and oxygen atoms in total. The molecule has 118 valence electrons. The van der Waals surface area contributed by atoms with Crippen molar-refractivity contribution in [2.75, 3.05) is 19.5 Å². The average molecular weight is 331 g/mol. The molecule has 0 unspecified atom stereocenters. The fourth-order valence-electron chi connectivity index (χ4n) is 1.92. The third kappa shape index (κ3) is 3.16. The maximum absolute atomic E-state index is 12.2. The summed E-state index contributed by atoms with van der Waals surface area (Å²) in [5, 5.41) is 14.1. The normalized spacial score (nSPS) is 10.3. The van der Waals surface area contributed by atoms with Crippen molar-refractivity contribution in [1.29, 1.82) is 0 Å². The quantitative estimate of drug-likeness (QED) is 0.773. The number of benzene rings is 1. The number of anilines is 1. The van der Waals surface area contributed by atoms with E-state index in [1.807, 2.05) is 16.8 Å². The van der Waals surface area contributed by atoms with E-state index >= 15 is 0 Å². The van der Waals surface area contributed by atoms with Gasteiger partial charge in [-0.15, -0.1) is 5.10 Å². The van der Waals surface area contributed by atoms with Gasteiger partial charge in [-0.05, 0) is 29.6 Å². The van der Waals surface area contributed by atoms with Crippen LogP contribution in [0.5, 0.6) is 11.5 Å². The van der Waals surface area contributed by atoms with E-state index in [1.165, 1.54) is 25.6 Å². The first-order valence-corrected chi connectivity index (χ1v) is 7.55. The first-order valence-electron chi connectivity index (χ1n) is 6.60. The largest absolute Gasteiger partial charge is 0.493 e. The van der Waals surface area contributed by atoms with Crippen molar-refractivity contribution >= 4 is 23.3 Å². The highest BCUT2D eigenvalue weighted by molar-refractivity contribution is 7.08. The zero-order chi connectivity index (χ0) is 16.2. The average Bonchev–Trinajstić information content (AvgIpc) is 3.25. The van der Waals surface area contributed by atoms with E-state index in [2.05, 4.69) is 15.5 Å². The standard InChI is InChI=1S/C15H13N3O4S/c1-20-11-4-3-9(7-12(11)21-2)13(19)16-15-18-17-14(22-15)10-5-6-23-8-10/h3-8H,1-2H3,(H,16,18,19). The number of ether oxygens (including phenoxy) is 2. The Balaban J connectivity index is 1.77. The molecular formula is C15H13N3O4S. The van der Waals surface area contributed by atoms with Crippen LogP contribution >= 0.6 is 11.3 Å². The number of amides is 1. The number of nitrogens with zero attached hydrogens (tertiary/aromatic N) is 2. The molecule has 2 heterocycles. The predicted octanol–water partition coefficient (Wildman–Crippen LogP) is 3.07. The van der Waals surface area contributed by atoms with Crippen LogP contribution in [0.25, 0.3) is 11.5 Å². The molecule has 0 bridgehead atoms. The third-order valence-electron chi connectivity index (χ3n) is 3.06. The summed E-state index contributed by atoms with van der Waals surface area (Å²) in [5.41, 5.74) is 1.20. The minimum absolute atomic E-state index is 0.0333. The molecule has 2 aromatic heterocycles. The van der Waals surface area contributed by atoms with Gasteiger partial charge in [0.25, 0.3) is 11.8 Å². The number of hydrogen-bond acceptors (Lipinski definition) is 7. The van der Waals surface area contributed by atoms with Crippen LogP contribution < -0.4 is 14.8 Å². The number of rotatable bonds is 5. The fraction of sp³-hybridized carbons (Fsp3) is 0.133. The van der Waals surface area contributed by atoms with E-state index in [0.717, 1.165) is 5.56 Å². The monoisotopic (exact) mass is 331 g/mol. The van der Waals surface area contributed by atoms with Gasteiger partial charge >= 0.3 is 6.01 Å². The molecule has 0 aliphatic rings. The van der Waals surface area contributed by atoms with Crippen LogP contribution in [0.15, 0.2) is 39.4 Å². The summed E-state index contributed by atoms with van der Waals surface area (Å²) in [6, 6.07) is 6.74. The van der Waals surface area contributed by atoms with Gasteiger partial charge in [0.15, 0.2) is 11.5 Å². The van der Waals surface area contributed by atoms with Gasteiger partial charge < -0.3 is 13.9 Å². The molecule has 0 saturated heterocycles. The lowest BCUT2D eigenvalue weighted by Gasteiger charge is -2.08. The smallest absolute Gasteiger partial charge is 0.322 e. The SMILES string of the molecule is COc1ccc(C(=O)Nc2nnc(-c3ccsc3)o2)cc1OC. The van der Waals surface area contributed by atoms with Crippen molar-refractivity contribution in [3.05, 3.63) is 40.6 Å². The van der Waals surface area contributed by atoms with E-state index < -0.39 is 0 Å². The minimum atomic E-state index is -0.383. The van der Waals surface area contributed by atoms with Crippen LogP contribution in [-0.4, -0.2) is 30.3 Å². The Morgan fingerprint density at radius 1 is 1.17 bits per heavy atom. The lowest BCUT2D eigenvalue weighted by Crippen LogP contribution is -2.12. The van der Waals surface area contributed by atoms with E-state index in [0.29, 0.717) is 23.0 Å². The lowest BCUT2D eigenvalue weighted by atomic mass is 10.2. The number of carbonyl (C=O) groups excluding carboxylic acids is 1. The maximum Gasteiger partial charge on any atom is 0.322 e. The molecule has 23 heavy (non-hydrogen) atoms. The predicted molar refractivity (Wildman–Crippen MR) is 85.1 cm³/mol. The molecule has 1 amide bonds. The number of methoxy groups -OCH3 is 2. The number of carbonyl (C=O) groups is 1. The van der Waals surface area contributed by atoms with Crippen molar-refractivity contribution in [2.45, 2.75) is 0 Å². The number of thiophene rings is 1. The second kappa shape index (κ2) is 6.49. The Morgan fingerprint density at radius 2 is 2.00 bits per heavy atom. The highest BCUT2D eigenvalue weighted by Crippen LogP contribution is 2.28. The highest BCUT2D eigenvalue weighted by Gasteiger charge is 2.15. The van der Waals surface area contributed by atoms with Gasteiger partial charge in [-0.3, -0.25) is 10.1 Å². The third-order valence-corrected chi connectivity index (χ3v) is 3.74. The van der Waals surface area contributed by atoms with Crippen LogP contribution in [0, 0.1) is 0 Å². The van der Waals surface area contributed by atoms with Crippen LogP contribution in [0.3, 0.4) is 0 Å². The summed E-state index contributed by atoms with van der Waals surface area (Å²) in [7, 11) is 3.03. The van der Waals surface area contributed by atoms with Crippen LogP contribution in [0.2, 0.25) is 0 Å². The van der Waals surface area contributed by atoms with Gasteiger partial charge in [0, 0.05) is 16.5 Å². The molecule has 8 heteroatoms. The van der Waals surface area contributed by atoms with Crippen LogP contribution in [-0.2, 0) is 0 Å². The Morgan fingerprint density at radius 3 is 2.70 bits per heavy atom. The first kappa shape index (κ1) is 15.0. The zero-order valence-corrected chi connectivity index (χ0v) is 13.2. The number of hydrogen-bond donors (Lipinski definition) is 1. The summed E-state index contributed by atoms with van der Waals surface area (Å²) in [4.78, 5) is 12.2. The molecule has 3 rings (SSSR count). The summed E-state index contributed by atoms with van der Waals surface area (Å²) in [6.45, 7) is 0. The molecule has 0 fully saturated rings. The lowest BCUT2D eigenvalue weighted by molar-refractivity contribution is 0.102. The Labute approximate surface area is 135 Å². The van der Waals surface area contributed by atoms with Gasteiger partial charge in [-0.2, -0.15) is 11.3 Å². The number of nitrogens with one attached hydrogen (secondary N) is 1. The second-order valence-corrected chi connectivity index (χ2v) is 5.23. The minimum Gasteiger partial charge on any atom is -0.493 e. The topological polar surface area (TPSA) is 86.5 Å². The molecule has 0 aliphatic heterocycles. The van der Waals surface area contributed by atoms with Crippen LogP contribution in [0.4, 0.5) is 6.01 Å². The molecule has 1 N–H and O–H groups in total. The van der Waals surface area contributed by atoms with Crippen molar-refractivity contribution in [3.63, 3.8) is 0 Å². The van der Waals surface area contributed by atoms with E-state index in [-0.39, 0.29) is 11.9 Å².